The van der Waals surface area contributed by atoms with Crippen molar-refractivity contribution in [3.05, 3.63) is 0 Å². The highest BCUT2D eigenvalue weighted by atomic mass is 79.9. The molecule has 17 heavy (non-hydrogen) atoms. The Morgan fingerprint density at radius 2 is 1.29 bits per heavy atom. The van der Waals surface area contributed by atoms with E-state index in [0.717, 1.165) is 11.9 Å². The van der Waals surface area contributed by atoms with Crippen molar-refractivity contribution in [1.82, 2.24) is 0 Å². The fraction of sp³-hybridized carbons (Fsp3) is 1.00. The first kappa shape index (κ1) is 17.7. The summed E-state index contributed by atoms with van der Waals surface area (Å²) in [6.07, 6.45) is 1.17. The van der Waals surface area contributed by atoms with Crippen molar-refractivity contribution in [2.24, 2.45) is 5.92 Å². The predicted octanol–water partition coefficient (Wildman–Crippen LogP) is 5.60. The van der Waals surface area contributed by atoms with E-state index in [2.05, 4.69) is 64.4 Å². The van der Waals surface area contributed by atoms with Crippen LogP contribution in [0.2, 0.25) is 16.6 Å². The van der Waals surface area contributed by atoms with Crippen LogP contribution in [0.3, 0.4) is 0 Å². The van der Waals surface area contributed by atoms with E-state index < -0.39 is 8.32 Å². The zero-order valence-corrected chi connectivity index (χ0v) is 15.3. The van der Waals surface area contributed by atoms with Crippen molar-refractivity contribution in [3.63, 3.8) is 0 Å². The molecule has 0 saturated carbocycles. The summed E-state index contributed by atoms with van der Waals surface area (Å²) >= 11 is 3.54. The Kier molecular flexibility index (Phi) is 8.26. The van der Waals surface area contributed by atoms with Crippen molar-refractivity contribution in [2.75, 3.05) is 11.9 Å². The van der Waals surface area contributed by atoms with Gasteiger partial charge in [-0.1, -0.05) is 64.4 Å². The van der Waals surface area contributed by atoms with Gasteiger partial charge in [-0.15, -0.1) is 0 Å². The Balaban J connectivity index is 4.59. The molecular weight excluding hydrogens is 292 g/mol. The van der Waals surface area contributed by atoms with E-state index in [0.29, 0.717) is 22.5 Å². The molecule has 0 aliphatic rings. The van der Waals surface area contributed by atoms with Crippen molar-refractivity contribution in [1.29, 1.82) is 0 Å². The lowest BCUT2D eigenvalue weighted by molar-refractivity contribution is 0.257. The normalized spacial score (nSPS) is 15.0. The summed E-state index contributed by atoms with van der Waals surface area (Å²) in [5.74, 6) is 0.716. The summed E-state index contributed by atoms with van der Waals surface area (Å²) in [5.41, 5.74) is 2.09. The maximum Gasteiger partial charge on any atom is 0.200 e. The monoisotopic (exact) mass is 322 g/mol. The molecule has 1 atom stereocenters. The van der Waals surface area contributed by atoms with Crippen LogP contribution in [0.1, 0.15) is 54.9 Å². The topological polar surface area (TPSA) is 9.23 Å². The highest BCUT2D eigenvalue weighted by Crippen LogP contribution is 2.42. The standard InChI is InChI=1S/C14H31BrOSi/c1-11(2)17(12(3)4,13(5)6)16-9-8-14(7)10-15/h11-14H,8-10H2,1-7H3/t14-/m1/s1. The van der Waals surface area contributed by atoms with Crippen molar-refractivity contribution < 1.29 is 4.43 Å². The minimum Gasteiger partial charge on any atom is -0.416 e. The van der Waals surface area contributed by atoms with Gasteiger partial charge in [0.2, 0.25) is 0 Å². The quantitative estimate of drug-likeness (QED) is 0.417. The van der Waals surface area contributed by atoms with E-state index in [4.69, 9.17) is 4.43 Å². The van der Waals surface area contributed by atoms with Gasteiger partial charge in [0.1, 0.15) is 0 Å². The molecule has 0 unspecified atom stereocenters. The Morgan fingerprint density at radius 3 is 1.59 bits per heavy atom. The smallest absolute Gasteiger partial charge is 0.200 e. The first-order valence-corrected chi connectivity index (χ1v) is 10.2. The first-order valence-electron chi connectivity index (χ1n) is 6.98. The summed E-state index contributed by atoms with van der Waals surface area (Å²) in [6, 6.07) is 0. The molecule has 0 heterocycles. The molecule has 0 radical (unpaired) electrons. The van der Waals surface area contributed by atoms with Crippen LogP contribution in [-0.4, -0.2) is 20.3 Å². The first-order chi connectivity index (χ1) is 7.78. The van der Waals surface area contributed by atoms with Crippen LogP contribution in [0.4, 0.5) is 0 Å². The number of hydrogen-bond donors (Lipinski definition) is 0. The van der Waals surface area contributed by atoms with Gasteiger partial charge in [-0.05, 0) is 29.0 Å². The van der Waals surface area contributed by atoms with Gasteiger partial charge in [0.25, 0.3) is 0 Å². The van der Waals surface area contributed by atoms with Gasteiger partial charge in [-0.2, -0.15) is 0 Å². The molecule has 0 aliphatic carbocycles. The highest BCUT2D eigenvalue weighted by Gasteiger charge is 2.44. The second-order valence-corrected chi connectivity index (χ2v) is 12.3. The molecule has 0 rings (SSSR count). The molecule has 0 bridgehead atoms. The summed E-state index contributed by atoms with van der Waals surface area (Å²) < 4.78 is 6.50. The Morgan fingerprint density at radius 1 is 0.882 bits per heavy atom. The minimum atomic E-state index is -1.62. The van der Waals surface area contributed by atoms with Crippen LogP contribution in [0, 0.1) is 5.92 Å². The van der Waals surface area contributed by atoms with E-state index >= 15 is 0 Å². The van der Waals surface area contributed by atoms with Crippen LogP contribution >= 0.6 is 15.9 Å². The summed E-state index contributed by atoms with van der Waals surface area (Å²) in [5, 5.41) is 1.08. The maximum atomic E-state index is 6.50. The molecule has 0 spiro atoms. The van der Waals surface area contributed by atoms with Gasteiger partial charge in [0, 0.05) is 11.9 Å². The molecule has 0 amide bonds. The van der Waals surface area contributed by atoms with E-state index in [1.807, 2.05) is 0 Å². The summed E-state index contributed by atoms with van der Waals surface area (Å²) in [7, 11) is -1.62. The fourth-order valence-electron chi connectivity index (χ4n) is 3.01. The summed E-state index contributed by atoms with van der Waals surface area (Å²) in [6.45, 7) is 17.3. The van der Waals surface area contributed by atoms with Gasteiger partial charge >= 0.3 is 0 Å². The van der Waals surface area contributed by atoms with Crippen LogP contribution < -0.4 is 0 Å². The lowest BCUT2D eigenvalue weighted by Gasteiger charge is -2.42. The Bertz CT molecular complexity index is 183. The molecular formula is C14H31BrOSi. The van der Waals surface area contributed by atoms with Crippen molar-refractivity contribution >= 4 is 24.2 Å². The van der Waals surface area contributed by atoms with Crippen molar-refractivity contribution in [3.8, 4) is 0 Å². The minimum absolute atomic E-state index is 0.696. The van der Waals surface area contributed by atoms with Gasteiger partial charge in [0.05, 0.1) is 0 Å². The van der Waals surface area contributed by atoms with Crippen LogP contribution in [0.5, 0.6) is 0 Å². The fourth-order valence-corrected chi connectivity index (χ4v) is 8.81. The summed E-state index contributed by atoms with van der Waals surface area (Å²) in [4.78, 5) is 0. The molecule has 0 saturated heterocycles. The molecule has 3 heteroatoms. The number of rotatable bonds is 8. The molecule has 104 valence electrons. The van der Waals surface area contributed by atoms with Crippen molar-refractivity contribution in [2.45, 2.75) is 71.5 Å². The van der Waals surface area contributed by atoms with Crippen LogP contribution in [-0.2, 0) is 4.43 Å². The molecule has 0 aromatic carbocycles. The SMILES string of the molecule is CC(C)[Si](OCC[C@@H](C)CBr)(C(C)C)C(C)C. The van der Waals surface area contributed by atoms with Gasteiger partial charge < -0.3 is 4.43 Å². The highest BCUT2D eigenvalue weighted by molar-refractivity contribution is 9.09. The molecule has 0 aromatic rings. The second-order valence-electron chi connectivity index (χ2n) is 6.21. The molecule has 0 aromatic heterocycles. The van der Waals surface area contributed by atoms with E-state index in [1.54, 1.807) is 0 Å². The second kappa shape index (κ2) is 7.95. The van der Waals surface area contributed by atoms with Gasteiger partial charge in [-0.3, -0.25) is 0 Å². The largest absolute Gasteiger partial charge is 0.416 e. The number of alkyl halides is 1. The predicted molar refractivity (Wildman–Crippen MR) is 84.6 cm³/mol. The van der Waals surface area contributed by atoms with Gasteiger partial charge in [0.15, 0.2) is 8.32 Å². The van der Waals surface area contributed by atoms with E-state index in [1.165, 1.54) is 6.42 Å². The Hall–Kier alpha value is 0.657. The average Bonchev–Trinajstić information content (AvgIpc) is 2.22. The third-order valence-electron chi connectivity index (χ3n) is 3.93. The average molecular weight is 323 g/mol. The molecule has 0 N–H and O–H groups in total. The third-order valence-corrected chi connectivity index (χ3v) is 11.2. The van der Waals surface area contributed by atoms with Crippen LogP contribution in [0.25, 0.3) is 0 Å². The molecule has 1 nitrogen and oxygen atoms in total. The molecule has 0 fully saturated rings. The van der Waals surface area contributed by atoms with E-state index in [-0.39, 0.29) is 0 Å². The van der Waals surface area contributed by atoms with Gasteiger partial charge in [-0.25, -0.2) is 0 Å². The third kappa shape index (κ3) is 4.68. The lowest BCUT2D eigenvalue weighted by atomic mass is 10.1. The lowest BCUT2D eigenvalue weighted by Crippen LogP contribution is -2.48. The maximum absolute atomic E-state index is 6.50. The van der Waals surface area contributed by atoms with Crippen LogP contribution in [0.15, 0.2) is 0 Å². The zero-order chi connectivity index (χ0) is 13.6. The molecule has 0 aliphatic heterocycles. The zero-order valence-electron chi connectivity index (χ0n) is 12.7. The van der Waals surface area contributed by atoms with E-state index in [9.17, 15) is 0 Å². The Labute approximate surface area is 118 Å². The number of hydrogen-bond acceptors (Lipinski definition) is 1. The number of halogens is 1.